The average Bonchev–Trinajstić information content (AvgIpc) is 2.54. The van der Waals surface area contributed by atoms with Crippen LogP contribution in [-0.4, -0.2) is 18.3 Å². The maximum Gasteiger partial charge on any atom is 0.122 e. The lowest BCUT2D eigenvalue weighted by atomic mass is 10.1. The van der Waals surface area contributed by atoms with Gasteiger partial charge in [0, 0.05) is 0 Å². The SMILES string of the molecule is CCCc1cc(O)ccc1OCCOc1cc(C)ccc1CC. The zero-order valence-corrected chi connectivity index (χ0v) is 14.3. The van der Waals surface area contributed by atoms with Crippen LogP contribution in [0, 0.1) is 6.92 Å². The van der Waals surface area contributed by atoms with E-state index in [9.17, 15) is 5.11 Å². The van der Waals surface area contributed by atoms with Crippen molar-refractivity contribution in [3.63, 3.8) is 0 Å². The minimum atomic E-state index is 0.282. The predicted molar refractivity (Wildman–Crippen MR) is 93.6 cm³/mol. The standard InChI is InChI=1S/C20H26O3/c1-4-6-17-14-18(21)9-10-19(17)22-11-12-23-20-13-15(3)7-8-16(20)5-2/h7-10,13-14,21H,4-6,11-12H2,1-3H3. The maximum absolute atomic E-state index is 9.59. The Morgan fingerprint density at radius 3 is 2.30 bits per heavy atom. The van der Waals surface area contributed by atoms with Gasteiger partial charge in [-0.15, -0.1) is 0 Å². The smallest absolute Gasteiger partial charge is 0.122 e. The number of aromatic hydroxyl groups is 1. The number of phenolic OH excluding ortho intramolecular Hbond substituents is 1. The molecule has 0 unspecified atom stereocenters. The first-order chi connectivity index (χ1) is 11.1. The highest BCUT2D eigenvalue weighted by Gasteiger charge is 2.06. The predicted octanol–water partition coefficient (Wildman–Crippen LogP) is 4.67. The minimum Gasteiger partial charge on any atom is -0.508 e. The van der Waals surface area contributed by atoms with E-state index in [1.807, 2.05) is 6.07 Å². The van der Waals surface area contributed by atoms with Crippen molar-refractivity contribution in [1.29, 1.82) is 0 Å². The second-order valence-electron chi connectivity index (χ2n) is 5.70. The van der Waals surface area contributed by atoms with Crippen LogP contribution in [0.3, 0.4) is 0 Å². The zero-order valence-electron chi connectivity index (χ0n) is 14.3. The van der Waals surface area contributed by atoms with Gasteiger partial charge >= 0.3 is 0 Å². The van der Waals surface area contributed by atoms with Gasteiger partial charge < -0.3 is 14.6 Å². The summed E-state index contributed by atoms with van der Waals surface area (Å²) in [5.41, 5.74) is 3.45. The van der Waals surface area contributed by atoms with Gasteiger partial charge in [-0.2, -0.15) is 0 Å². The highest BCUT2D eigenvalue weighted by molar-refractivity contribution is 5.40. The first kappa shape index (κ1) is 17.2. The summed E-state index contributed by atoms with van der Waals surface area (Å²) in [5.74, 6) is 2.05. The Morgan fingerprint density at radius 1 is 0.870 bits per heavy atom. The molecule has 0 saturated carbocycles. The third-order valence-electron chi connectivity index (χ3n) is 3.77. The van der Waals surface area contributed by atoms with Crippen LogP contribution in [0.15, 0.2) is 36.4 Å². The van der Waals surface area contributed by atoms with Gasteiger partial charge in [-0.3, -0.25) is 0 Å². The van der Waals surface area contributed by atoms with Gasteiger partial charge in [0.05, 0.1) is 0 Å². The van der Waals surface area contributed by atoms with E-state index < -0.39 is 0 Å². The van der Waals surface area contributed by atoms with E-state index >= 15 is 0 Å². The summed E-state index contributed by atoms with van der Waals surface area (Å²) < 4.78 is 11.7. The van der Waals surface area contributed by atoms with Crippen molar-refractivity contribution in [2.24, 2.45) is 0 Å². The molecule has 0 saturated heterocycles. The largest absolute Gasteiger partial charge is 0.508 e. The normalized spacial score (nSPS) is 10.6. The molecule has 0 aliphatic carbocycles. The van der Waals surface area contributed by atoms with Crippen LogP contribution in [0.1, 0.15) is 37.0 Å². The lowest BCUT2D eigenvalue weighted by Crippen LogP contribution is -2.11. The van der Waals surface area contributed by atoms with Gasteiger partial charge in [0.1, 0.15) is 30.5 Å². The number of benzene rings is 2. The monoisotopic (exact) mass is 314 g/mol. The number of phenols is 1. The number of aryl methyl sites for hydroxylation is 3. The van der Waals surface area contributed by atoms with E-state index in [4.69, 9.17) is 9.47 Å². The molecule has 0 atom stereocenters. The molecule has 0 aliphatic heterocycles. The van der Waals surface area contributed by atoms with E-state index in [0.29, 0.717) is 13.2 Å². The summed E-state index contributed by atoms with van der Waals surface area (Å²) in [5, 5.41) is 9.59. The molecule has 0 aliphatic rings. The molecule has 0 amide bonds. The van der Waals surface area contributed by atoms with E-state index in [2.05, 4.69) is 39.0 Å². The summed E-state index contributed by atoms with van der Waals surface area (Å²) in [6.07, 6.45) is 2.86. The number of hydrogen-bond donors (Lipinski definition) is 1. The second-order valence-corrected chi connectivity index (χ2v) is 5.70. The molecule has 2 rings (SSSR count). The van der Waals surface area contributed by atoms with E-state index in [-0.39, 0.29) is 5.75 Å². The van der Waals surface area contributed by atoms with Crippen molar-refractivity contribution in [2.75, 3.05) is 13.2 Å². The van der Waals surface area contributed by atoms with E-state index in [1.54, 1.807) is 12.1 Å². The molecule has 2 aromatic carbocycles. The third kappa shape index (κ3) is 4.92. The molecule has 3 heteroatoms. The number of ether oxygens (including phenoxy) is 2. The lowest BCUT2D eigenvalue weighted by molar-refractivity contribution is 0.214. The van der Waals surface area contributed by atoms with Crippen LogP contribution >= 0.6 is 0 Å². The molecule has 2 aromatic rings. The first-order valence-corrected chi connectivity index (χ1v) is 8.31. The summed E-state index contributed by atoms with van der Waals surface area (Å²) in [6.45, 7) is 7.29. The molecule has 0 spiro atoms. The molecule has 0 aromatic heterocycles. The molecule has 124 valence electrons. The molecular formula is C20H26O3. The molecule has 0 fully saturated rings. The first-order valence-electron chi connectivity index (χ1n) is 8.31. The average molecular weight is 314 g/mol. The topological polar surface area (TPSA) is 38.7 Å². The molecule has 0 radical (unpaired) electrons. The van der Waals surface area contributed by atoms with Gasteiger partial charge in [0.25, 0.3) is 0 Å². The Hall–Kier alpha value is -2.16. The van der Waals surface area contributed by atoms with E-state index in [1.165, 1.54) is 11.1 Å². The van der Waals surface area contributed by atoms with Crippen molar-refractivity contribution in [3.8, 4) is 17.2 Å². The summed E-state index contributed by atoms with van der Waals surface area (Å²) in [4.78, 5) is 0. The van der Waals surface area contributed by atoms with Crippen molar-refractivity contribution < 1.29 is 14.6 Å². The quantitative estimate of drug-likeness (QED) is 0.719. The Balaban J connectivity index is 1.92. The Morgan fingerprint density at radius 2 is 1.61 bits per heavy atom. The van der Waals surface area contributed by atoms with Crippen LogP contribution in [0.2, 0.25) is 0 Å². The summed E-state index contributed by atoms with van der Waals surface area (Å²) in [6, 6.07) is 11.5. The third-order valence-corrected chi connectivity index (χ3v) is 3.77. The molecule has 0 bridgehead atoms. The van der Waals surface area contributed by atoms with Gasteiger partial charge in [0.2, 0.25) is 0 Å². The van der Waals surface area contributed by atoms with Crippen LogP contribution < -0.4 is 9.47 Å². The number of rotatable bonds is 8. The Kier molecular flexibility index (Phi) is 6.33. The van der Waals surface area contributed by atoms with Gasteiger partial charge in [-0.25, -0.2) is 0 Å². The fourth-order valence-electron chi connectivity index (χ4n) is 2.56. The van der Waals surface area contributed by atoms with Crippen LogP contribution in [0.4, 0.5) is 0 Å². The second kappa shape index (κ2) is 8.47. The maximum atomic E-state index is 9.59. The Bertz CT molecular complexity index is 635. The van der Waals surface area contributed by atoms with Crippen LogP contribution in [0.25, 0.3) is 0 Å². The summed E-state index contributed by atoms with van der Waals surface area (Å²) in [7, 11) is 0. The van der Waals surface area contributed by atoms with Crippen molar-refractivity contribution >= 4 is 0 Å². The van der Waals surface area contributed by atoms with Gasteiger partial charge in [-0.1, -0.05) is 32.4 Å². The fraction of sp³-hybridized carbons (Fsp3) is 0.400. The molecular weight excluding hydrogens is 288 g/mol. The van der Waals surface area contributed by atoms with Gasteiger partial charge in [0.15, 0.2) is 0 Å². The molecule has 1 N–H and O–H groups in total. The molecule has 23 heavy (non-hydrogen) atoms. The zero-order chi connectivity index (χ0) is 16.7. The van der Waals surface area contributed by atoms with Crippen LogP contribution in [0.5, 0.6) is 17.2 Å². The van der Waals surface area contributed by atoms with Crippen molar-refractivity contribution in [1.82, 2.24) is 0 Å². The molecule has 3 nitrogen and oxygen atoms in total. The van der Waals surface area contributed by atoms with Crippen LogP contribution in [-0.2, 0) is 12.8 Å². The number of hydrogen-bond acceptors (Lipinski definition) is 3. The Labute approximate surface area is 138 Å². The van der Waals surface area contributed by atoms with Crippen molar-refractivity contribution in [3.05, 3.63) is 53.1 Å². The summed E-state index contributed by atoms with van der Waals surface area (Å²) >= 11 is 0. The van der Waals surface area contributed by atoms with E-state index in [0.717, 1.165) is 36.3 Å². The highest BCUT2D eigenvalue weighted by atomic mass is 16.5. The van der Waals surface area contributed by atoms with Gasteiger partial charge in [-0.05, 0) is 60.7 Å². The van der Waals surface area contributed by atoms with Crippen molar-refractivity contribution in [2.45, 2.75) is 40.0 Å². The lowest BCUT2D eigenvalue weighted by Gasteiger charge is -2.14. The minimum absolute atomic E-state index is 0.282. The fourth-order valence-corrected chi connectivity index (χ4v) is 2.56. The molecule has 0 heterocycles. The highest BCUT2D eigenvalue weighted by Crippen LogP contribution is 2.25.